The number of hydrogen-bond donors (Lipinski definition) is 4. The molecule has 1 aromatic heterocycles. The van der Waals surface area contributed by atoms with E-state index < -0.39 is 53.4 Å². The van der Waals surface area contributed by atoms with Gasteiger partial charge < -0.3 is 30.7 Å². The number of benzene rings is 1. The topological polar surface area (TPSA) is 167 Å². The molecule has 0 saturated carbocycles. The number of ether oxygens (including phenoxy) is 1. The Labute approximate surface area is 313 Å². The summed E-state index contributed by atoms with van der Waals surface area (Å²) in [6.45, 7) is 13.7. The van der Waals surface area contributed by atoms with Crippen LogP contribution in [0, 0.1) is 17.3 Å². The highest BCUT2D eigenvalue weighted by Gasteiger charge is 2.40. The number of aromatic nitrogens is 1. The number of thiazole rings is 1. The number of carbonyl (C=O) groups is 5. The number of carbonyl (C=O) groups excluding carboxylic acids is 4. The Morgan fingerprint density at radius 2 is 1.67 bits per heavy atom. The summed E-state index contributed by atoms with van der Waals surface area (Å²) in [5, 5.41) is 20.6. The van der Waals surface area contributed by atoms with Crippen LogP contribution in [0.1, 0.15) is 121 Å². The summed E-state index contributed by atoms with van der Waals surface area (Å²) < 4.78 is 5.76. The summed E-state index contributed by atoms with van der Waals surface area (Å²) in [5.74, 6) is -3.05. The smallest absolute Gasteiger partial charge is 0.306 e. The second-order valence-corrected chi connectivity index (χ2v) is 15.6. The van der Waals surface area contributed by atoms with Crippen LogP contribution >= 0.6 is 11.3 Å². The van der Waals surface area contributed by atoms with E-state index in [-0.39, 0.29) is 36.3 Å². The zero-order valence-electron chi connectivity index (χ0n) is 32.5. The van der Waals surface area contributed by atoms with Crippen molar-refractivity contribution in [3.05, 3.63) is 52.0 Å². The van der Waals surface area contributed by atoms with Gasteiger partial charge in [0, 0.05) is 44.3 Å². The maximum atomic E-state index is 14.2. The molecule has 1 aromatic carbocycles. The molecule has 0 bridgehead atoms. The summed E-state index contributed by atoms with van der Waals surface area (Å²) in [6, 6.07) is 7.90. The van der Waals surface area contributed by atoms with E-state index in [1.807, 2.05) is 72.0 Å². The van der Waals surface area contributed by atoms with Crippen molar-refractivity contribution in [1.82, 2.24) is 25.8 Å². The van der Waals surface area contributed by atoms with Gasteiger partial charge in [0.15, 0.2) is 6.10 Å². The van der Waals surface area contributed by atoms with E-state index in [1.165, 1.54) is 18.3 Å². The Morgan fingerprint density at radius 3 is 2.25 bits per heavy atom. The number of unbranched alkanes of at least 4 members (excludes halogenated alkanes) is 2. The number of nitrogens with one attached hydrogen (secondary N) is 3. The molecule has 2 aromatic rings. The predicted octanol–water partition coefficient (Wildman–Crippen LogP) is 5.77. The number of nitrogens with zero attached hydrogens (tertiary/aromatic N) is 2. The van der Waals surface area contributed by atoms with Crippen LogP contribution in [0.5, 0.6) is 0 Å². The van der Waals surface area contributed by atoms with Crippen molar-refractivity contribution in [2.75, 3.05) is 20.6 Å². The van der Waals surface area contributed by atoms with Crippen LogP contribution in [0.4, 0.5) is 0 Å². The average Bonchev–Trinajstić information content (AvgIpc) is 3.59. The Kier molecular flexibility index (Phi) is 18.4. The number of likely N-dealkylation sites (N-methyl/N-ethyl adjacent to an activating group) is 1. The largest absolute Gasteiger partial charge is 0.481 e. The SMILES string of the molecule is CCC(C)(C)[C@H](NC(=O)CCCCCNC)C(=O)N(C)[C@H](C[C@@H](OC(C)=O)c1nc(C(=O)N[C@@H](Cc2ccccc2)C[C@H](C)C(=O)O)cs1)C(C)C. The summed E-state index contributed by atoms with van der Waals surface area (Å²) in [5.41, 5.74) is 0.562. The van der Waals surface area contributed by atoms with E-state index in [4.69, 9.17) is 4.74 Å². The van der Waals surface area contributed by atoms with Gasteiger partial charge in [-0.2, -0.15) is 0 Å². The third-order valence-corrected chi connectivity index (χ3v) is 10.6. The monoisotopic (exact) mass is 743 g/mol. The van der Waals surface area contributed by atoms with Crippen LogP contribution < -0.4 is 16.0 Å². The van der Waals surface area contributed by atoms with Gasteiger partial charge in [-0.3, -0.25) is 24.0 Å². The third kappa shape index (κ3) is 14.3. The second-order valence-electron chi connectivity index (χ2n) is 14.8. The summed E-state index contributed by atoms with van der Waals surface area (Å²) in [7, 11) is 3.61. The molecule has 290 valence electrons. The number of esters is 1. The van der Waals surface area contributed by atoms with Crippen molar-refractivity contribution in [1.29, 1.82) is 0 Å². The average molecular weight is 744 g/mol. The van der Waals surface area contributed by atoms with Crippen molar-refractivity contribution in [3.8, 4) is 0 Å². The van der Waals surface area contributed by atoms with Crippen LogP contribution in [0.15, 0.2) is 35.7 Å². The lowest BCUT2D eigenvalue weighted by molar-refractivity contribution is -0.149. The maximum Gasteiger partial charge on any atom is 0.306 e. The molecule has 2 rings (SSSR count). The highest BCUT2D eigenvalue weighted by Crippen LogP contribution is 2.33. The van der Waals surface area contributed by atoms with E-state index in [2.05, 4.69) is 20.9 Å². The van der Waals surface area contributed by atoms with E-state index in [9.17, 15) is 29.1 Å². The lowest BCUT2D eigenvalue weighted by Crippen LogP contribution is -2.57. The summed E-state index contributed by atoms with van der Waals surface area (Å²) >= 11 is 1.18. The van der Waals surface area contributed by atoms with Gasteiger partial charge >= 0.3 is 11.9 Å². The van der Waals surface area contributed by atoms with Crippen LogP contribution in [0.25, 0.3) is 0 Å². The molecule has 0 saturated heterocycles. The van der Waals surface area contributed by atoms with E-state index in [0.29, 0.717) is 24.3 Å². The lowest BCUT2D eigenvalue weighted by Gasteiger charge is -2.40. The Hall–Kier alpha value is -3.84. The molecule has 0 aliphatic heterocycles. The second kappa shape index (κ2) is 21.6. The number of carboxylic acid groups (broad SMARTS) is 1. The minimum atomic E-state index is -0.946. The first kappa shape index (κ1) is 44.3. The van der Waals surface area contributed by atoms with Crippen molar-refractivity contribution in [2.24, 2.45) is 17.3 Å². The third-order valence-electron chi connectivity index (χ3n) is 9.70. The Balaban J connectivity index is 2.29. The normalized spacial score (nSPS) is 14.5. The number of aliphatic carboxylic acids is 1. The fraction of sp³-hybridized carbons (Fsp3) is 0.641. The van der Waals surface area contributed by atoms with Crippen molar-refractivity contribution in [2.45, 2.75) is 124 Å². The van der Waals surface area contributed by atoms with Gasteiger partial charge in [0.25, 0.3) is 5.91 Å². The molecule has 3 amide bonds. The predicted molar refractivity (Wildman–Crippen MR) is 204 cm³/mol. The Bertz CT molecular complexity index is 1450. The molecule has 0 unspecified atom stereocenters. The minimum absolute atomic E-state index is 0.0574. The highest BCUT2D eigenvalue weighted by molar-refractivity contribution is 7.09. The number of carboxylic acids is 1. The summed E-state index contributed by atoms with van der Waals surface area (Å²) in [4.78, 5) is 70.9. The van der Waals surface area contributed by atoms with Crippen molar-refractivity contribution >= 4 is 41.0 Å². The van der Waals surface area contributed by atoms with Gasteiger partial charge in [0.2, 0.25) is 11.8 Å². The molecule has 12 nitrogen and oxygen atoms in total. The quantitative estimate of drug-likeness (QED) is 0.0816. The molecular formula is C39H61N5O7S. The van der Waals surface area contributed by atoms with Gasteiger partial charge in [0.1, 0.15) is 16.7 Å². The molecule has 0 aliphatic rings. The molecule has 5 atom stereocenters. The van der Waals surface area contributed by atoms with Crippen LogP contribution in [-0.4, -0.2) is 83.4 Å². The minimum Gasteiger partial charge on any atom is -0.481 e. The molecule has 52 heavy (non-hydrogen) atoms. The van der Waals surface area contributed by atoms with E-state index in [0.717, 1.165) is 31.4 Å². The molecule has 0 fully saturated rings. The number of amides is 3. The number of rotatable bonds is 23. The van der Waals surface area contributed by atoms with Crippen molar-refractivity contribution < 1.29 is 33.8 Å². The summed E-state index contributed by atoms with van der Waals surface area (Å²) in [6.07, 6.45) is 3.67. The molecular weight excluding hydrogens is 683 g/mol. The zero-order valence-corrected chi connectivity index (χ0v) is 33.3. The van der Waals surface area contributed by atoms with E-state index >= 15 is 0 Å². The van der Waals surface area contributed by atoms with Crippen molar-refractivity contribution in [3.63, 3.8) is 0 Å². The fourth-order valence-corrected chi connectivity index (χ4v) is 6.91. The first-order chi connectivity index (χ1) is 24.5. The number of hydrogen-bond acceptors (Lipinski definition) is 9. The lowest BCUT2D eigenvalue weighted by atomic mass is 9.80. The Morgan fingerprint density at radius 1 is 1.00 bits per heavy atom. The highest BCUT2D eigenvalue weighted by atomic mass is 32.1. The van der Waals surface area contributed by atoms with Gasteiger partial charge in [0.05, 0.1) is 5.92 Å². The zero-order chi connectivity index (χ0) is 39.0. The fourth-order valence-electron chi connectivity index (χ4n) is 6.07. The van der Waals surface area contributed by atoms with Crippen LogP contribution in [0.2, 0.25) is 0 Å². The van der Waals surface area contributed by atoms with Gasteiger partial charge in [-0.15, -0.1) is 11.3 Å². The van der Waals surface area contributed by atoms with Crippen LogP contribution in [0.3, 0.4) is 0 Å². The first-order valence-corrected chi connectivity index (χ1v) is 19.3. The van der Waals surface area contributed by atoms with Gasteiger partial charge in [-0.25, -0.2) is 4.98 Å². The molecule has 0 spiro atoms. The van der Waals surface area contributed by atoms with Crippen LogP contribution in [-0.2, 0) is 30.3 Å². The molecule has 4 N–H and O–H groups in total. The molecule has 0 aliphatic carbocycles. The van der Waals surface area contributed by atoms with E-state index in [1.54, 1.807) is 24.3 Å². The molecule has 0 radical (unpaired) electrons. The molecule has 1 heterocycles. The molecule has 13 heteroatoms. The van der Waals surface area contributed by atoms with Gasteiger partial charge in [-0.1, -0.05) is 78.3 Å². The van der Waals surface area contributed by atoms with Gasteiger partial charge in [-0.05, 0) is 62.6 Å². The maximum absolute atomic E-state index is 14.2. The first-order valence-electron chi connectivity index (χ1n) is 18.4. The standard InChI is InChI=1S/C39H61N5O7S/c1-10-39(6,7)34(43-33(46)19-15-12-16-20-40-8)37(48)44(9)31(25(2)3)23-32(51-27(5)45)36-42-30(24-52-36)35(47)41-29(21-26(4)38(49)50)22-28-17-13-11-14-18-28/h11,13-14,17-18,24-26,29,31-32,34,40H,10,12,15-16,19-23H2,1-9H3,(H,41,47)(H,43,46)(H,49,50)/t26-,29+,31+,32+,34+/m0/s1.